The molecule has 0 fully saturated rings. The molecule has 4 heterocycles. The molecule has 268 valence electrons. The van der Waals surface area contributed by atoms with E-state index in [9.17, 15) is 9.59 Å². The van der Waals surface area contributed by atoms with Crippen LogP contribution < -0.4 is 10.6 Å². The van der Waals surface area contributed by atoms with Crippen LogP contribution in [0.1, 0.15) is 45.7 Å². The zero-order chi connectivity index (χ0) is 36.3. The Bertz CT molecular complexity index is 2090. The molecular weight excluding hydrogens is 804 g/mol. The molecule has 0 saturated carbocycles. The zero-order valence-electron chi connectivity index (χ0n) is 28.3. The first-order valence-corrected chi connectivity index (χ1v) is 18.7. The van der Waals surface area contributed by atoms with Gasteiger partial charge in [0.05, 0.1) is 63.9 Å². The SMILES string of the molecule is O=C1Nc2ccc(Br)cc2C(c2ccccc2)N1Cc1cn(CCOCCn2cc(CN3C(=O)Nc4ccc(Br)cc4C3c3ccccc3)nn2)nn1. The van der Waals surface area contributed by atoms with Crippen LogP contribution in [0.5, 0.6) is 0 Å². The predicted octanol–water partition coefficient (Wildman–Crippen LogP) is 7.39. The number of benzene rings is 4. The van der Waals surface area contributed by atoms with E-state index >= 15 is 0 Å². The summed E-state index contributed by atoms with van der Waals surface area (Å²) < 4.78 is 11.2. The quantitative estimate of drug-likeness (QED) is 0.123. The Balaban J connectivity index is 0.858. The summed E-state index contributed by atoms with van der Waals surface area (Å²) in [5.74, 6) is 0. The standard InChI is InChI=1S/C38H34Br2N10O3/c39-27-11-13-33-31(19-27)35(25-7-3-1-4-8-25)49(37(51)41-33)23-29-21-47(45-43-29)15-17-53-18-16-48-22-30(44-46-48)24-50-36(26-9-5-2-6-10-26)32-20-28(40)12-14-34(32)42-38(50)52/h1-14,19-22,35-36H,15-18,23-24H2,(H,41,51)(H,42,52). The van der Waals surface area contributed by atoms with Crippen LogP contribution in [0.25, 0.3) is 0 Å². The molecule has 2 aromatic heterocycles. The average molecular weight is 839 g/mol. The molecule has 0 aliphatic carbocycles. The lowest BCUT2D eigenvalue weighted by atomic mass is 9.94. The van der Waals surface area contributed by atoms with E-state index in [1.807, 2.05) is 109 Å². The number of nitrogens with one attached hydrogen (secondary N) is 2. The minimum Gasteiger partial charge on any atom is -0.378 e. The Morgan fingerprint density at radius 1 is 0.604 bits per heavy atom. The molecule has 0 bridgehead atoms. The fourth-order valence-corrected chi connectivity index (χ4v) is 7.57. The molecule has 0 radical (unpaired) electrons. The van der Waals surface area contributed by atoms with Gasteiger partial charge in [0, 0.05) is 31.4 Å². The van der Waals surface area contributed by atoms with Gasteiger partial charge in [0.25, 0.3) is 0 Å². The highest BCUT2D eigenvalue weighted by Crippen LogP contribution is 2.41. The third-order valence-corrected chi connectivity index (χ3v) is 10.2. The van der Waals surface area contributed by atoms with Crippen molar-refractivity contribution < 1.29 is 14.3 Å². The summed E-state index contributed by atoms with van der Waals surface area (Å²) in [4.78, 5) is 30.2. The number of hydrogen-bond acceptors (Lipinski definition) is 7. The molecule has 2 atom stereocenters. The van der Waals surface area contributed by atoms with Crippen LogP contribution >= 0.6 is 31.9 Å². The van der Waals surface area contributed by atoms with E-state index in [0.29, 0.717) is 37.7 Å². The van der Waals surface area contributed by atoms with Gasteiger partial charge >= 0.3 is 12.1 Å². The van der Waals surface area contributed by atoms with Crippen LogP contribution in [-0.4, -0.2) is 65.1 Å². The van der Waals surface area contributed by atoms with Gasteiger partial charge in [-0.05, 0) is 47.5 Å². The minimum absolute atomic E-state index is 0.198. The van der Waals surface area contributed by atoms with Crippen molar-refractivity contribution >= 4 is 55.3 Å². The van der Waals surface area contributed by atoms with Crippen molar-refractivity contribution in [1.82, 2.24) is 39.8 Å². The van der Waals surface area contributed by atoms with E-state index in [0.717, 1.165) is 42.6 Å². The maximum atomic E-state index is 13.3. The maximum Gasteiger partial charge on any atom is 0.323 e. The summed E-state index contributed by atoms with van der Waals surface area (Å²) in [6.45, 7) is 2.35. The maximum absolute atomic E-state index is 13.3. The summed E-state index contributed by atoms with van der Waals surface area (Å²) in [6.07, 6.45) is 3.69. The highest BCUT2D eigenvalue weighted by Gasteiger charge is 2.35. The van der Waals surface area contributed by atoms with Crippen molar-refractivity contribution in [2.45, 2.75) is 38.3 Å². The van der Waals surface area contributed by atoms with E-state index in [1.165, 1.54) is 0 Å². The molecule has 2 N–H and O–H groups in total. The lowest BCUT2D eigenvalue weighted by molar-refractivity contribution is 0.113. The number of ether oxygens (including phenoxy) is 1. The van der Waals surface area contributed by atoms with Gasteiger partial charge in [-0.1, -0.05) is 103 Å². The monoisotopic (exact) mass is 836 g/mol. The number of amides is 4. The second kappa shape index (κ2) is 15.3. The number of nitrogens with zero attached hydrogens (tertiary/aromatic N) is 8. The fraction of sp³-hybridized carbons (Fsp3) is 0.211. The molecular formula is C38H34Br2N10O3. The lowest BCUT2D eigenvalue weighted by Crippen LogP contribution is -2.42. The second-order valence-electron chi connectivity index (χ2n) is 12.8. The zero-order valence-corrected chi connectivity index (χ0v) is 31.5. The minimum atomic E-state index is -0.287. The number of fused-ring (bicyclic) bond motifs is 2. The number of anilines is 2. The Labute approximate surface area is 322 Å². The molecule has 13 nitrogen and oxygen atoms in total. The second-order valence-corrected chi connectivity index (χ2v) is 14.6. The van der Waals surface area contributed by atoms with Gasteiger partial charge in [-0.15, -0.1) is 10.2 Å². The Morgan fingerprint density at radius 3 is 1.47 bits per heavy atom. The van der Waals surface area contributed by atoms with E-state index in [1.54, 1.807) is 19.2 Å². The van der Waals surface area contributed by atoms with Gasteiger partial charge in [-0.3, -0.25) is 0 Å². The molecule has 15 heteroatoms. The van der Waals surface area contributed by atoms with Crippen molar-refractivity contribution in [2.75, 3.05) is 23.8 Å². The Kier molecular flexibility index (Phi) is 10.0. The lowest BCUT2D eigenvalue weighted by Gasteiger charge is -2.37. The number of aromatic nitrogens is 6. The fourth-order valence-electron chi connectivity index (χ4n) is 6.82. The van der Waals surface area contributed by atoms with E-state index in [4.69, 9.17) is 4.74 Å². The van der Waals surface area contributed by atoms with Gasteiger partial charge in [0.15, 0.2) is 0 Å². The summed E-state index contributed by atoms with van der Waals surface area (Å²) in [7, 11) is 0. The average Bonchev–Trinajstić information content (AvgIpc) is 3.82. The number of halogens is 2. The summed E-state index contributed by atoms with van der Waals surface area (Å²) in [5.41, 5.74) is 6.93. The van der Waals surface area contributed by atoms with Crippen LogP contribution in [0.3, 0.4) is 0 Å². The van der Waals surface area contributed by atoms with Gasteiger partial charge in [0.2, 0.25) is 0 Å². The summed E-state index contributed by atoms with van der Waals surface area (Å²) >= 11 is 7.18. The van der Waals surface area contributed by atoms with E-state index in [2.05, 4.69) is 63.1 Å². The van der Waals surface area contributed by atoms with E-state index < -0.39 is 0 Å². The van der Waals surface area contributed by atoms with Gasteiger partial charge in [0.1, 0.15) is 11.4 Å². The first-order valence-electron chi connectivity index (χ1n) is 17.1. The van der Waals surface area contributed by atoms with Gasteiger partial charge < -0.3 is 25.2 Å². The summed E-state index contributed by atoms with van der Waals surface area (Å²) in [5, 5.41) is 23.3. The number of hydrogen-bond donors (Lipinski definition) is 2. The molecule has 0 saturated heterocycles. The Morgan fingerprint density at radius 2 is 1.04 bits per heavy atom. The molecule has 0 spiro atoms. The van der Waals surface area contributed by atoms with Crippen LogP contribution in [0, 0.1) is 0 Å². The van der Waals surface area contributed by atoms with Crippen LogP contribution in [0.15, 0.2) is 118 Å². The van der Waals surface area contributed by atoms with Crippen molar-refractivity contribution in [2.24, 2.45) is 0 Å². The highest BCUT2D eigenvalue weighted by atomic mass is 79.9. The third kappa shape index (κ3) is 7.59. The molecule has 53 heavy (non-hydrogen) atoms. The number of carbonyl (C=O) groups is 2. The first kappa shape index (κ1) is 34.7. The van der Waals surface area contributed by atoms with E-state index in [-0.39, 0.29) is 37.2 Å². The molecule has 2 aliphatic heterocycles. The first-order chi connectivity index (χ1) is 25.9. The van der Waals surface area contributed by atoms with Crippen LogP contribution in [-0.2, 0) is 30.9 Å². The number of carbonyl (C=O) groups excluding carboxylic acids is 2. The van der Waals surface area contributed by atoms with Gasteiger partial charge in [-0.25, -0.2) is 19.0 Å². The van der Waals surface area contributed by atoms with Crippen molar-refractivity contribution in [1.29, 1.82) is 0 Å². The highest BCUT2D eigenvalue weighted by molar-refractivity contribution is 9.10. The van der Waals surface area contributed by atoms with Crippen molar-refractivity contribution in [3.63, 3.8) is 0 Å². The predicted molar refractivity (Wildman–Crippen MR) is 205 cm³/mol. The largest absolute Gasteiger partial charge is 0.378 e. The molecule has 2 aliphatic rings. The number of rotatable bonds is 12. The van der Waals surface area contributed by atoms with Crippen LogP contribution in [0.4, 0.5) is 21.0 Å². The molecule has 8 rings (SSSR count). The normalized spacial score (nSPS) is 16.6. The molecule has 6 aromatic rings. The Hall–Kier alpha value is -5.38. The molecule has 2 unspecified atom stereocenters. The van der Waals surface area contributed by atoms with Crippen molar-refractivity contribution in [3.8, 4) is 0 Å². The van der Waals surface area contributed by atoms with Gasteiger partial charge in [-0.2, -0.15) is 0 Å². The van der Waals surface area contributed by atoms with Crippen molar-refractivity contribution in [3.05, 3.63) is 152 Å². The topological polar surface area (TPSA) is 135 Å². The summed E-state index contributed by atoms with van der Waals surface area (Å²) in [6, 6.07) is 30.7. The molecule has 4 aromatic carbocycles. The number of urea groups is 2. The molecule has 4 amide bonds. The third-order valence-electron chi connectivity index (χ3n) is 9.24. The smallest absolute Gasteiger partial charge is 0.323 e. The van der Waals surface area contributed by atoms with Crippen LogP contribution in [0.2, 0.25) is 0 Å².